The van der Waals surface area contributed by atoms with Gasteiger partial charge >= 0.3 is 0 Å². The third-order valence-corrected chi connectivity index (χ3v) is 3.52. The maximum atomic E-state index is 11.8. The predicted octanol–water partition coefficient (Wildman–Crippen LogP) is 3.01. The average molecular weight is 242 g/mol. The van der Waals surface area contributed by atoms with Crippen molar-refractivity contribution in [1.29, 1.82) is 5.26 Å². The number of benzene rings is 1. The molecular formula is C15H18N2O. The van der Waals surface area contributed by atoms with Crippen LogP contribution in [0.15, 0.2) is 18.2 Å². The molecule has 3 heteroatoms. The van der Waals surface area contributed by atoms with Crippen LogP contribution in [-0.4, -0.2) is 5.91 Å². The first kappa shape index (κ1) is 12.6. The van der Waals surface area contributed by atoms with Gasteiger partial charge in [-0.25, -0.2) is 0 Å². The lowest BCUT2D eigenvalue weighted by Gasteiger charge is -2.18. The zero-order chi connectivity index (χ0) is 13.6. The fourth-order valence-electron chi connectivity index (χ4n) is 2.28. The zero-order valence-electron chi connectivity index (χ0n) is 11.3. The molecule has 18 heavy (non-hydrogen) atoms. The first-order valence-electron chi connectivity index (χ1n) is 6.12. The minimum absolute atomic E-state index is 0.0363. The Morgan fingerprint density at radius 1 is 1.39 bits per heavy atom. The van der Waals surface area contributed by atoms with E-state index in [1.807, 2.05) is 45.9 Å². The Morgan fingerprint density at radius 3 is 2.67 bits per heavy atom. The van der Waals surface area contributed by atoms with Crippen LogP contribution in [0.5, 0.6) is 0 Å². The summed E-state index contributed by atoms with van der Waals surface area (Å²) < 4.78 is 0. The van der Waals surface area contributed by atoms with Gasteiger partial charge in [0.25, 0.3) is 0 Å². The summed E-state index contributed by atoms with van der Waals surface area (Å²) in [5, 5.41) is 12.0. The largest absolute Gasteiger partial charge is 0.325 e. The van der Waals surface area contributed by atoms with E-state index in [-0.39, 0.29) is 11.3 Å². The molecule has 0 atom stereocenters. The minimum Gasteiger partial charge on any atom is -0.325 e. The Morgan fingerprint density at radius 2 is 2.06 bits per heavy atom. The summed E-state index contributed by atoms with van der Waals surface area (Å²) in [6, 6.07) is 8.27. The van der Waals surface area contributed by atoms with Gasteiger partial charge in [0, 0.05) is 5.69 Å². The zero-order valence-corrected chi connectivity index (χ0v) is 11.3. The van der Waals surface area contributed by atoms with Crippen LogP contribution in [-0.2, 0) is 16.6 Å². The molecule has 1 aliphatic rings. The molecule has 0 radical (unpaired) electrons. The van der Waals surface area contributed by atoms with Crippen LogP contribution in [0.25, 0.3) is 0 Å². The predicted molar refractivity (Wildman–Crippen MR) is 71.2 cm³/mol. The maximum absolute atomic E-state index is 11.8. The van der Waals surface area contributed by atoms with Gasteiger partial charge in [0.15, 0.2) is 0 Å². The van der Waals surface area contributed by atoms with Gasteiger partial charge < -0.3 is 5.32 Å². The smallest absolute Gasteiger partial charge is 0.234 e. The van der Waals surface area contributed by atoms with E-state index in [1.165, 1.54) is 0 Å². The Bertz CT molecular complexity index is 550. The minimum atomic E-state index is -0.484. The van der Waals surface area contributed by atoms with E-state index in [2.05, 4.69) is 11.4 Å². The highest BCUT2D eigenvalue weighted by Crippen LogP contribution is 2.38. The molecule has 1 aromatic carbocycles. The number of hydrogen-bond donors (Lipinski definition) is 1. The number of rotatable bonds is 2. The highest BCUT2D eigenvalue weighted by molar-refractivity contribution is 6.05. The van der Waals surface area contributed by atoms with Crippen LogP contribution < -0.4 is 5.32 Å². The van der Waals surface area contributed by atoms with Crippen molar-refractivity contribution in [3.05, 3.63) is 29.3 Å². The summed E-state index contributed by atoms with van der Waals surface area (Å²) in [5.41, 5.74) is 2.16. The standard InChI is InChI=1S/C15H18N2O/c1-14(2,9-16)8-10-5-6-12-11(7-10)15(3,4)13(18)17-12/h5-7H,8H2,1-4H3,(H,17,18). The highest BCUT2D eigenvalue weighted by Gasteiger charge is 2.38. The molecule has 0 aliphatic carbocycles. The number of nitrogens with zero attached hydrogens (tertiary/aromatic N) is 1. The number of amides is 1. The molecular weight excluding hydrogens is 224 g/mol. The molecule has 1 aliphatic heterocycles. The molecule has 94 valence electrons. The molecule has 1 aromatic rings. The van der Waals surface area contributed by atoms with Crippen molar-refractivity contribution in [1.82, 2.24) is 0 Å². The first-order valence-corrected chi connectivity index (χ1v) is 6.12. The van der Waals surface area contributed by atoms with Crippen molar-refractivity contribution in [3.63, 3.8) is 0 Å². The third-order valence-electron chi connectivity index (χ3n) is 3.52. The van der Waals surface area contributed by atoms with E-state index in [0.717, 1.165) is 16.8 Å². The number of carbonyl (C=O) groups excluding carboxylic acids is 1. The second-order valence-electron chi connectivity index (χ2n) is 6.13. The van der Waals surface area contributed by atoms with Gasteiger partial charge in [0.05, 0.1) is 16.9 Å². The van der Waals surface area contributed by atoms with Crippen molar-refractivity contribution in [2.45, 2.75) is 39.5 Å². The number of carbonyl (C=O) groups is 1. The molecule has 0 saturated heterocycles. The molecule has 0 bridgehead atoms. The highest BCUT2D eigenvalue weighted by atomic mass is 16.2. The summed E-state index contributed by atoms with van der Waals surface area (Å²) in [6.45, 7) is 7.70. The van der Waals surface area contributed by atoms with Crippen molar-refractivity contribution >= 4 is 11.6 Å². The number of fused-ring (bicyclic) bond motifs is 1. The van der Waals surface area contributed by atoms with E-state index in [4.69, 9.17) is 5.26 Å². The van der Waals surface area contributed by atoms with Crippen molar-refractivity contribution in [2.75, 3.05) is 5.32 Å². The first-order chi connectivity index (χ1) is 8.26. The van der Waals surface area contributed by atoms with Crippen LogP contribution in [0.3, 0.4) is 0 Å². The van der Waals surface area contributed by atoms with Gasteiger partial charge in [-0.1, -0.05) is 12.1 Å². The van der Waals surface area contributed by atoms with Gasteiger partial charge in [-0.3, -0.25) is 4.79 Å². The normalized spacial score (nSPS) is 16.9. The molecule has 0 fully saturated rings. The SMILES string of the molecule is CC(C)(C#N)Cc1ccc2c(c1)C(C)(C)C(=O)N2. The van der Waals surface area contributed by atoms with Crippen molar-refractivity contribution in [3.8, 4) is 6.07 Å². The average Bonchev–Trinajstić information content (AvgIpc) is 2.51. The van der Waals surface area contributed by atoms with Gasteiger partial charge in [0.2, 0.25) is 5.91 Å². The fraction of sp³-hybridized carbons (Fsp3) is 0.467. The molecule has 0 saturated carbocycles. The molecule has 1 heterocycles. The van der Waals surface area contributed by atoms with Crippen molar-refractivity contribution < 1.29 is 4.79 Å². The van der Waals surface area contributed by atoms with E-state index in [9.17, 15) is 4.79 Å². The topological polar surface area (TPSA) is 52.9 Å². The van der Waals surface area contributed by atoms with Crippen LogP contribution in [0, 0.1) is 16.7 Å². The number of nitrogens with one attached hydrogen (secondary N) is 1. The lowest BCUT2D eigenvalue weighted by molar-refractivity contribution is -0.119. The second kappa shape index (κ2) is 3.84. The van der Waals surface area contributed by atoms with Gasteiger partial charge in [-0.15, -0.1) is 0 Å². The molecule has 1 N–H and O–H groups in total. The van der Waals surface area contributed by atoms with Crippen LogP contribution >= 0.6 is 0 Å². The van der Waals surface area contributed by atoms with Crippen molar-refractivity contribution in [2.24, 2.45) is 5.41 Å². The quantitative estimate of drug-likeness (QED) is 0.866. The Labute approximate surface area is 108 Å². The Hall–Kier alpha value is -1.82. The summed E-state index contributed by atoms with van der Waals surface area (Å²) in [7, 11) is 0. The number of anilines is 1. The maximum Gasteiger partial charge on any atom is 0.234 e. The molecule has 0 unspecified atom stereocenters. The lowest BCUT2D eigenvalue weighted by atomic mass is 9.82. The summed E-state index contributed by atoms with van der Waals surface area (Å²) >= 11 is 0. The molecule has 1 amide bonds. The van der Waals surface area contributed by atoms with Crippen LogP contribution in [0.1, 0.15) is 38.8 Å². The van der Waals surface area contributed by atoms with Crippen LogP contribution in [0.4, 0.5) is 5.69 Å². The molecule has 0 aromatic heterocycles. The Balaban J connectivity index is 2.38. The fourth-order valence-corrected chi connectivity index (χ4v) is 2.28. The second-order valence-corrected chi connectivity index (χ2v) is 6.13. The monoisotopic (exact) mass is 242 g/mol. The number of hydrogen-bond acceptors (Lipinski definition) is 2. The summed E-state index contributed by atoms with van der Waals surface area (Å²) in [6.07, 6.45) is 0.695. The van der Waals surface area contributed by atoms with E-state index >= 15 is 0 Å². The third kappa shape index (κ3) is 1.99. The van der Waals surface area contributed by atoms with E-state index < -0.39 is 5.41 Å². The Kier molecular flexibility index (Phi) is 2.70. The summed E-state index contributed by atoms with van der Waals surface area (Å²) in [4.78, 5) is 11.8. The van der Waals surface area contributed by atoms with Crippen LogP contribution in [0.2, 0.25) is 0 Å². The lowest BCUT2D eigenvalue weighted by Crippen LogP contribution is -2.27. The summed E-state index contributed by atoms with van der Waals surface area (Å²) in [5.74, 6) is 0.0363. The van der Waals surface area contributed by atoms with Gasteiger partial charge in [0.1, 0.15) is 0 Å². The molecule has 2 rings (SSSR count). The van der Waals surface area contributed by atoms with Gasteiger partial charge in [-0.2, -0.15) is 5.26 Å². The van der Waals surface area contributed by atoms with E-state index in [1.54, 1.807) is 0 Å². The molecule has 3 nitrogen and oxygen atoms in total. The van der Waals surface area contributed by atoms with E-state index in [0.29, 0.717) is 6.42 Å². The molecule has 0 spiro atoms. The van der Waals surface area contributed by atoms with Gasteiger partial charge in [-0.05, 0) is 51.3 Å². The number of nitriles is 1.